The van der Waals surface area contributed by atoms with Crippen LogP contribution in [0.4, 0.5) is 0 Å². The average molecular weight is 588 g/mol. The Morgan fingerprint density at radius 2 is 1.67 bits per heavy atom. The molecule has 0 saturated carbocycles. The van der Waals surface area contributed by atoms with Gasteiger partial charge in [-0.1, -0.05) is 66.2 Å². The van der Waals surface area contributed by atoms with Crippen molar-refractivity contribution in [1.29, 1.82) is 0 Å². The van der Waals surface area contributed by atoms with Crippen LogP contribution in [-0.2, 0) is 20.8 Å². The highest BCUT2D eigenvalue weighted by Gasteiger charge is 2.39. The quantitative estimate of drug-likeness (QED) is 0.156. The van der Waals surface area contributed by atoms with Gasteiger partial charge in [-0.25, -0.2) is 4.98 Å². The Kier molecular flexibility index (Phi) is 14.5. The molecule has 234 valence electrons. The maximum Gasteiger partial charge on any atom is 0.258 e. The number of imidazole rings is 1. The van der Waals surface area contributed by atoms with E-state index in [-0.39, 0.29) is 36.7 Å². The number of hydrogen-bond acceptors (Lipinski definition) is 7. The summed E-state index contributed by atoms with van der Waals surface area (Å²) < 4.78 is 5.53. The van der Waals surface area contributed by atoms with Crippen LogP contribution in [0, 0.1) is 23.7 Å². The number of aliphatic hydroxyl groups excluding tert-OH is 2. The highest BCUT2D eigenvalue weighted by atomic mass is 16.5. The van der Waals surface area contributed by atoms with E-state index in [1.165, 1.54) is 6.33 Å². The number of aromatic amines is 1. The highest BCUT2D eigenvalue weighted by molar-refractivity contribution is 5.88. The lowest BCUT2D eigenvalue weighted by Crippen LogP contribution is -2.58. The molecule has 0 saturated heterocycles. The molecule has 1 heterocycles. The minimum Gasteiger partial charge on any atom is -0.484 e. The first kappa shape index (κ1) is 34.8. The maximum atomic E-state index is 13.6. The molecule has 0 bridgehead atoms. The molecule has 0 aliphatic carbocycles. The van der Waals surface area contributed by atoms with E-state index in [4.69, 9.17) is 4.74 Å². The fourth-order valence-corrected chi connectivity index (χ4v) is 4.64. The van der Waals surface area contributed by atoms with Gasteiger partial charge in [-0.05, 0) is 36.3 Å². The number of hydrogen-bond donors (Lipinski definition) is 6. The van der Waals surface area contributed by atoms with Gasteiger partial charge in [0.05, 0.1) is 24.4 Å². The van der Waals surface area contributed by atoms with E-state index in [1.54, 1.807) is 30.5 Å². The van der Waals surface area contributed by atoms with Crippen LogP contribution in [0.25, 0.3) is 0 Å². The molecule has 0 radical (unpaired) electrons. The number of H-pyrrole nitrogens is 1. The van der Waals surface area contributed by atoms with Crippen molar-refractivity contribution in [1.82, 2.24) is 25.9 Å². The summed E-state index contributed by atoms with van der Waals surface area (Å²) in [6.45, 7) is 11.7. The molecule has 0 fully saturated rings. The lowest BCUT2D eigenvalue weighted by atomic mass is 9.83. The first-order valence-electron chi connectivity index (χ1n) is 14.8. The molecule has 42 heavy (non-hydrogen) atoms. The molecule has 11 heteroatoms. The molecule has 11 nitrogen and oxygen atoms in total. The van der Waals surface area contributed by atoms with Crippen LogP contribution in [0.2, 0.25) is 0 Å². The van der Waals surface area contributed by atoms with Gasteiger partial charge in [0.1, 0.15) is 17.9 Å². The molecular weight excluding hydrogens is 538 g/mol. The minimum atomic E-state index is -1.43. The Hall–Kier alpha value is -3.44. The summed E-state index contributed by atoms with van der Waals surface area (Å²) in [6.07, 6.45) is 1.53. The SMILES string of the molecule is CC[C@H](C)CNC(=O)[C@H](C(C)C)[C@H](O)[C@H](O)C(CC(C)C)NC(=O)[C@H](Cc1cnc[nH]1)NC(=O)COc1ccccc1. The Bertz CT molecular complexity index is 1080. The van der Waals surface area contributed by atoms with Crippen molar-refractivity contribution >= 4 is 17.7 Å². The van der Waals surface area contributed by atoms with Crippen LogP contribution < -0.4 is 20.7 Å². The van der Waals surface area contributed by atoms with Crippen molar-refractivity contribution in [2.24, 2.45) is 23.7 Å². The second-order valence-corrected chi connectivity index (χ2v) is 11.8. The topological polar surface area (TPSA) is 166 Å². The summed E-state index contributed by atoms with van der Waals surface area (Å²) in [7, 11) is 0. The first-order valence-corrected chi connectivity index (χ1v) is 14.8. The van der Waals surface area contributed by atoms with E-state index in [0.717, 1.165) is 6.42 Å². The summed E-state index contributed by atoms with van der Waals surface area (Å²) in [6, 6.07) is 6.96. The number of aromatic nitrogens is 2. The van der Waals surface area contributed by atoms with E-state index in [2.05, 4.69) is 25.9 Å². The fraction of sp³-hybridized carbons (Fsp3) is 0.613. The van der Waals surface area contributed by atoms with Crippen LogP contribution >= 0.6 is 0 Å². The summed E-state index contributed by atoms with van der Waals surface area (Å²) >= 11 is 0. The third-order valence-corrected chi connectivity index (χ3v) is 7.27. The second kappa shape index (κ2) is 17.5. The van der Waals surface area contributed by atoms with Crippen LogP contribution in [0.1, 0.15) is 60.1 Å². The standard InChI is InChI=1S/C31H49N5O6/c1-7-21(6)15-33-31(41)27(20(4)5)29(39)28(38)24(13-19(2)3)36-30(40)25(14-22-16-32-18-34-22)35-26(37)17-42-23-11-9-8-10-12-23/h8-12,16,18-21,24-25,27-29,38-39H,7,13-15,17H2,1-6H3,(H,32,34)(H,33,41)(H,35,37)(H,36,40)/t21-,24?,25-,27+,28+,29-/m0/s1. The third kappa shape index (κ3) is 11.4. The zero-order valence-electron chi connectivity index (χ0n) is 25.7. The van der Waals surface area contributed by atoms with Gasteiger partial charge < -0.3 is 35.9 Å². The number of amides is 3. The van der Waals surface area contributed by atoms with Crippen LogP contribution in [0.3, 0.4) is 0 Å². The molecule has 0 aliphatic rings. The molecule has 6 N–H and O–H groups in total. The molecule has 0 spiro atoms. The van der Waals surface area contributed by atoms with Gasteiger partial charge in [0.2, 0.25) is 11.8 Å². The summed E-state index contributed by atoms with van der Waals surface area (Å²) in [4.78, 5) is 46.3. The molecular formula is C31H49N5O6. The molecule has 1 aromatic carbocycles. The lowest BCUT2D eigenvalue weighted by Gasteiger charge is -2.35. The maximum absolute atomic E-state index is 13.6. The van der Waals surface area contributed by atoms with Gasteiger partial charge in [0.25, 0.3) is 5.91 Å². The zero-order chi connectivity index (χ0) is 31.2. The number of nitrogens with zero attached hydrogens (tertiary/aromatic N) is 1. The smallest absolute Gasteiger partial charge is 0.258 e. The number of carbonyl (C=O) groups is 3. The Morgan fingerprint density at radius 3 is 2.24 bits per heavy atom. The molecule has 2 aromatic rings. The van der Waals surface area contributed by atoms with Gasteiger partial charge >= 0.3 is 0 Å². The van der Waals surface area contributed by atoms with Crippen LogP contribution in [-0.4, -0.2) is 75.3 Å². The monoisotopic (exact) mass is 587 g/mol. The molecule has 6 atom stereocenters. The number of benzene rings is 1. The van der Waals surface area contributed by atoms with E-state index in [9.17, 15) is 24.6 Å². The number of ether oxygens (including phenoxy) is 1. The van der Waals surface area contributed by atoms with Crippen LogP contribution in [0.5, 0.6) is 5.75 Å². The van der Waals surface area contributed by atoms with Gasteiger partial charge in [-0.15, -0.1) is 0 Å². The summed E-state index contributed by atoms with van der Waals surface area (Å²) in [5.41, 5.74) is 0.623. The Labute approximate surface area is 249 Å². The number of carbonyl (C=O) groups excluding carboxylic acids is 3. The van der Waals surface area contributed by atoms with Gasteiger partial charge in [0, 0.05) is 24.9 Å². The summed E-state index contributed by atoms with van der Waals surface area (Å²) in [5.74, 6) is -1.69. The molecule has 3 amide bonds. The lowest BCUT2D eigenvalue weighted by molar-refractivity contribution is -0.137. The van der Waals surface area contributed by atoms with Gasteiger partial charge in [-0.3, -0.25) is 14.4 Å². The van der Waals surface area contributed by atoms with E-state index >= 15 is 0 Å². The Morgan fingerprint density at radius 1 is 0.976 bits per heavy atom. The van der Waals surface area contributed by atoms with Gasteiger partial charge in [0.15, 0.2) is 6.61 Å². The number of para-hydroxylation sites is 1. The molecule has 0 aliphatic heterocycles. The number of nitrogens with one attached hydrogen (secondary N) is 4. The van der Waals surface area contributed by atoms with Crippen LogP contribution in [0.15, 0.2) is 42.9 Å². The van der Waals surface area contributed by atoms with Gasteiger partial charge in [-0.2, -0.15) is 0 Å². The van der Waals surface area contributed by atoms with Crippen molar-refractivity contribution < 1.29 is 29.3 Å². The average Bonchev–Trinajstić information content (AvgIpc) is 3.47. The normalized spacial score (nSPS) is 15.8. The van der Waals surface area contributed by atoms with Crippen molar-refractivity contribution in [3.05, 3.63) is 48.5 Å². The summed E-state index contributed by atoms with van der Waals surface area (Å²) in [5, 5.41) is 31.0. The van der Waals surface area contributed by atoms with Crippen molar-refractivity contribution in [3.8, 4) is 5.75 Å². The third-order valence-electron chi connectivity index (χ3n) is 7.27. The molecule has 1 aromatic heterocycles. The van der Waals surface area contributed by atoms with Crippen molar-refractivity contribution in [2.45, 2.75) is 85.1 Å². The largest absolute Gasteiger partial charge is 0.484 e. The fourth-order valence-electron chi connectivity index (χ4n) is 4.64. The van der Waals surface area contributed by atoms with E-state index in [1.807, 2.05) is 47.6 Å². The first-order chi connectivity index (χ1) is 19.9. The predicted octanol–water partition coefficient (Wildman–Crippen LogP) is 2.20. The zero-order valence-corrected chi connectivity index (χ0v) is 25.7. The minimum absolute atomic E-state index is 0.0498. The second-order valence-electron chi connectivity index (χ2n) is 11.8. The van der Waals surface area contributed by atoms with E-state index < -0.39 is 42.0 Å². The Balaban J connectivity index is 2.18. The van der Waals surface area contributed by atoms with Crippen molar-refractivity contribution in [2.75, 3.05) is 13.2 Å². The highest BCUT2D eigenvalue weighted by Crippen LogP contribution is 2.23. The predicted molar refractivity (Wildman–Crippen MR) is 160 cm³/mol. The van der Waals surface area contributed by atoms with E-state index in [0.29, 0.717) is 24.4 Å². The molecule has 1 unspecified atom stereocenters. The molecule has 2 rings (SSSR count). The number of rotatable bonds is 18. The van der Waals surface area contributed by atoms with Crippen molar-refractivity contribution in [3.63, 3.8) is 0 Å². The number of aliphatic hydroxyl groups is 2.